The average molecular weight is 279 g/mol. The smallest absolute Gasteiger partial charge is 0.317 e. The third-order valence-electron chi connectivity index (χ3n) is 5.04. The lowest BCUT2D eigenvalue weighted by Gasteiger charge is -2.41. The number of nitrogens with one attached hydrogen (secondary N) is 2. The van der Waals surface area contributed by atoms with E-state index in [2.05, 4.69) is 10.6 Å². The van der Waals surface area contributed by atoms with Crippen LogP contribution in [0.4, 0.5) is 4.79 Å². The Morgan fingerprint density at radius 2 is 1.95 bits per heavy atom. The van der Waals surface area contributed by atoms with Crippen LogP contribution in [0.5, 0.6) is 0 Å². The van der Waals surface area contributed by atoms with Crippen molar-refractivity contribution in [1.82, 2.24) is 15.5 Å². The van der Waals surface area contributed by atoms with Crippen molar-refractivity contribution >= 4 is 11.9 Å². The van der Waals surface area contributed by atoms with Gasteiger partial charge in [0.2, 0.25) is 5.91 Å². The molecular formula is C15H25N3O2. The number of likely N-dealkylation sites (tertiary alicyclic amines) is 1. The molecule has 2 atom stereocenters. The third kappa shape index (κ3) is 3.07. The van der Waals surface area contributed by atoms with Crippen molar-refractivity contribution in [2.45, 2.75) is 63.5 Å². The molecule has 1 saturated carbocycles. The summed E-state index contributed by atoms with van der Waals surface area (Å²) in [7, 11) is 0. The summed E-state index contributed by atoms with van der Waals surface area (Å²) in [5.41, 5.74) is 0. The zero-order chi connectivity index (χ0) is 13.9. The largest absolute Gasteiger partial charge is 0.353 e. The number of rotatable bonds is 1. The minimum atomic E-state index is 0.104. The zero-order valence-electron chi connectivity index (χ0n) is 12.1. The summed E-state index contributed by atoms with van der Waals surface area (Å²) in [5.74, 6) is 0.616. The lowest BCUT2D eigenvalue weighted by Crippen LogP contribution is -2.57. The van der Waals surface area contributed by atoms with Crippen LogP contribution in [-0.2, 0) is 4.79 Å². The van der Waals surface area contributed by atoms with Crippen molar-refractivity contribution in [2.24, 2.45) is 5.92 Å². The summed E-state index contributed by atoms with van der Waals surface area (Å²) in [6.45, 7) is 1.56. The second kappa shape index (κ2) is 6.02. The summed E-state index contributed by atoms with van der Waals surface area (Å²) in [6, 6.07) is 0.766. The Hall–Kier alpha value is -1.26. The Morgan fingerprint density at radius 1 is 1.15 bits per heavy atom. The highest BCUT2D eigenvalue weighted by molar-refractivity contribution is 5.77. The molecule has 3 amide bonds. The quantitative estimate of drug-likeness (QED) is 0.766. The van der Waals surface area contributed by atoms with Crippen molar-refractivity contribution in [3.63, 3.8) is 0 Å². The highest BCUT2D eigenvalue weighted by Gasteiger charge is 2.35. The fourth-order valence-corrected chi connectivity index (χ4v) is 3.81. The van der Waals surface area contributed by atoms with Gasteiger partial charge in [0.15, 0.2) is 0 Å². The van der Waals surface area contributed by atoms with Gasteiger partial charge in [-0.1, -0.05) is 19.3 Å². The molecule has 0 spiro atoms. The van der Waals surface area contributed by atoms with Gasteiger partial charge in [0, 0.05) is 31.6 Å². The number of urea groups is 1. The average Bonchev–Trinajstić information content (AvgIpc) is 2.47. The van der Waals surface area contributed by atoms with Crippen molar-refractivity contribution in [3.8, 4) is 0 Å². The van der Waals surface area contributed by atoms with E-state index < -0.39 is 0 Å². The molecule has 112 valence electrons. The van der Waals surface area contributed by atoms with Gasteiger partial charge in [0.1, 0.15) is 0 Å². The van der Waals surface area contributed by atoms with Crippen LogP contribution in [-0.4, -0.2) is 42.0 Å². The molecule has 5 nitrogen and oxygen atoms in total. The normalized spacial score (nSPS) is 31.4. The van der Waals surface area contributed by atoms with Gasteiger partial charge >= 0.3 is 6.03 Å². The van der Waals surface area contributed by atoms with Gasteiger partial charge in [-0.05, 0) is 31.6 Å². The molecule has 20 heavy (non-hydrogen) atoms. The van der Waals surface area contributed by atoms with Crippen LogP contribution in [0.15, 0.2) is 0 Å². The summed E-state index contributed by atoms with van der Waals surface area (Å²) in [6.07, 6.45) is 8.46. The van der Waals surface area contributed by atoms with Crippen LogP contribution >= 0.6 is 0 Å². The number of fused-ring (bicyclic) bond motifs is 1. The maximum Gasteiger partial charge on any atom is 0.317 e. The molecule has 3 aliphatic rings. The fraction of sp³-hybridized carbons (Fsp3) is 0.867. The topological polar surface area (TPSA) is 61.4 Å². The van der Waals surface area contributed by atoms with Crippen molar-refractivity contribution in [1.29, 1.82) is 0 Å². The number of piperidine rings is 2. The van der Waals surface area contributed by atoms with E-state index in [1.54, 1.807) is 0 Å². The number of hydrogen-bond acceptors (Lipinski definition) is 2. The van der Waals surface area contributed by atoms with Gasteiger partial charge in [-0.3, -0.25) is 4.79 Å². The molecule has 3 rings (SSSR count). The predicted molar refractivity (Wildman–Crippen MR) is 76.2 cm³/mol. The molecule has 0 aromatic carbocycles. The second-order valence-electron chi connectivity index (χ2n) is 6.49. The highest BCUT2D eigenvalue weighted by Crippen LogP contribution is 2.25. The second-order valence-corrected chi connectivity index (χ2v) is 6.49. The van der Waals surface area contributed by atoms with Crippen molar-refractivity contribution in [3.05, 3.63) is 0 Å². The van der Waals surface area contributed by atoms with E-state index in [0.717, 1.165) is 38.8 Å². The van der Waals surface area contributed by atoms with E-state index in [9.17, 15) is 9.59 Å². The van der Waals surface area contributed by atoms with Crippen molar-refractivity contribution < 1.29 is 9.59 Å². The number of carbonyl (C=O) groups is 2. The molecule has 0 radical (unpaired) electrons. The van der Waals surface area contributed by atoms with Crippen LogP contribution in [0, 0.1) is 5.92 Å². The van der Waals surface area contributed by atoms with Crippen LogP contribution < -0.4 is 10.6 Å². The summed E-state index contributed by atoms with van der Waals surface area (Å²) >= 11 is 0. The first-order chi connectivity index (χ1) is 9.72. The number of amides is 3. The Kier molecular flexibility index (Phi) is 4.13. The molecule has 2 saturated heterocycles. The lowest BCUT2D eigenvalue weighted by molar-refractivity contribution is -0.125. The molecule has 0 aromatic heterocycles. The Balaban J connectivity index is 1.50. The minimum absolute atomic E-state index is 0.104. The lowest BCUT2D eigenvalue weighted by atomic mass is 9.85. The van der Waals surface area contributed by atoms with Gasteiger partial charge in [-0.25, -0.2) is 4.79 Å². The Bertz CT molecular complexity index is 379. The van der Waals surface area contributed by atoms with Crippen LogP contribution in [0.2, 0.25) is 0 Å². The summed E-state index contributed by atoms with van der Waals surface area (Å²) in [4.78, 5) is 25.7. The van der Waals surface area contributed by atoms with Gasteiger partial charge in [0.25, 0.3) is 0 Å². The van der Waals surface area contributed by atoms with Gasteiger partial charge in [-0.2, -0.15) is 0 Å². The SMILES string of the molecule is O=C1CCC2CN(C(=O)NC3CCCCC3)CCC2N1. The number of nitrogens with zero attached hydrogens (tertiary/aromatic N) is 1. The minimum Gasteiger partial charge on any atom is -0.353 e. The standard InChI is InChI=1S/C15H25N3O2/c19-14-7-6-11-10-18(9-8-13(11)17-14)15(20)16-12-4-2-1-3-5-12/h11-13H,1-10H2,(H,16,20)(H,17,19). The predicted octanol–water partition coefficient (Wildman–Crippen LogP) is 1.63. The van der Waals surface area contributed by atoms with Crippen LogP contribution in [0.3, 0.4) is 0 Å². The molecule has 5 heteroatoms. The highest BCUT2D eigenvalue weighted by atomic mass is 16.2. The monoisotopic (exact) mass is 279 g/mol. The van der Waals surface area contributed by atoms with Gasteiger partial charge in [-0.15, -0.1) is 0 Å². The van der Waals surface area contributed by atoms with E-state index >= 15 is 0 Å². The van der Waals surface area contributed by atoms with E-state index in [1.165, 1.54) is 19.3 Å². The van der Waals surface area contributed by atoms with E-state index in [1.807, 2.05) is 4.90 Å². The number of hydrogen-bond donors (Lipinski definition) is 2. The first kappa shape index (κ1) is 13.7. The fourth-order valence-electron chi connectivity index (χ4n) is 3.81. The molecule has 0 aromatic rings. The summed E-state index contributed by atoms with van der Waals surface area (Å²) < 4.78 is 0. The molecule has 2 N–H and O–H groups in total. The maximum absolute atomic E-state index is 12.3. The van der Waals surface area contributed by atoms with Gasteiger partial charge in [0.05, 0.1) is 0 Å². The van der Waals surface area contributed by atoms with E-state index in [0.29, 0.717) is 18.4 Å². The molecular weight excluding hydrogens is 254 g/mol. The van der Waals surface area contributed by atoms with Crippen LogP contribution in [0.25, 0.3) is 0 Å². The molecule has 0 bridgehead atoms. The Labute approximate surface area is 120 Å². The number of carbonyl (C=O) groups excluding carboxylic acids is 2. The van der Waals surface area contributed by atoms with Crippen molar-refractivity contribution in [2.75, 3.05) is 13.1 Å². The van der Waals surface area contributed by atoms with Crippen LogP contribution in [0.1, 0.15) is 51.4 Å². The first-order valence-corrected chi connectivity index (χ1v) is 8.07. The third-order valence-corrected chi connectivity index (χ3v) is 5.04. The first-order valence-electron chi connectivity index (χ1n) is 8.07. The molecule has 2 aliphatic heterocycles. The zero-order valence-corrected chi connectivity index (χ0v) is 12.1. The molecule has 1 aliphatic carbocycles. The maximum atomic E-state index is 12.3. The van der Waals surface area contributed by atoms with E-state index in [4.69, 9.17) is 0 Å². The Morgan fingerprint density at radius 3 is 2.75 bits per heavy atom. The van der Waals surface area contributed by atoms with Gasteiger partial charge < -0.3 is 15.5 Å². The summed E-state index contributed by atoms with van der Waals surface area (Å²) in [5, 5.41) is 6.25. The molecule has 3 fully saturated rings. The molecule has 2 unspecified atom stereocenters. The van der Waals surface area contributed by atoms with E-state index in [-0.39, 0.29) is 18.0 Å². The molecule has 2 heterocycles.